The van der Waals surface area contributed by atoms with Crippen LogP contribution >= 0.6 is 0 Å². The van der Waals surface area contributed by atoms with Crippen LogP contribution in [-0.2, 0) is 16.4 Å². The maximum Gasteiger partial charge on any atom is 0.416 e. The average molecular weight is 360 g/mol. The first-order valence-corrected chi connectivity index (χ1v) is 8.12. The molecule has 0 atom stereocenters. The standard InChI is InChI=1S/C14H15F3N4O2S/c1-21(2)24(22,23)20-13-8-7-12(9-18-13)19-11-5-3-10(4-6-11)14(15,16)17/h3-9,19H,1-2H3,(H,18,20). The van der Waals surface area contributed by atoms with Gasteiger partial charge in [-0.25, -0.2) is 4.98 Å². The maximum atomic E-state index is 12.5. The molecule has 0 unspecified atom stereocenters. The minimum atomic E-state index is -4.38. The molecule has 0 radical (unpaired) electrons. The van der Waals surface area contributed by atoms with Crippen molar-refractivity contribution in [1.82, 2.24) is 9.29 Å². The van der Waals surface area contributed by atoms with Crippen molar-refractivity contribution in [3.8, 4) is 0 Å². The molecule has 0 amide bonds. The van der Waals surface area contributed by atoms with Crippen LogP contribution < -0.4 is 10.0 Å². The fraction of sp³-hybridized carbons (Fsp3) is 0.214. The van der Waals surface area contributed by atoms with Crippen molar-refractivity contribution < 1.29 is 21.6 Å². The van der Waals surface area contributed by atoms with E-state index in [1.165, 1.54) is 38.5 Å². The van der Waals surface area contributed by atoms with E-state index < -0.39 is 21.9 Å². The fourth-order valence-electron chi connectivity index (χ4n) is 1.66. The molecule has 2 rings (SSSR count). The minimum Gasteiger partial charge on any atom is -0.354 e. The lowest BCUT2D eigenvalue weighted by atomic mass is 10.2. The van der Waals surface area contributed by atoms with Crippen molar-refractivity contribution in [2.24, 2.45) is 0 Å². The van der Waals surface area contributed by atoms with Gasteiger partial charge in [0.25, 0.3) is 0 Å². The van der Waals surface area contributed by atoms with Crippen molar-refractivity contribution >= 4 is 27.4 Å². The molecule has 1 heterocycles. The van der Waals surface area contributed by atoms with E-state index in [2.05, 4.69) is 15.0 Å². The summed E-state index contributed by atoms with van der Waals surface area (Å²) in [5.74, 6) is 0.127. The van der Waals surface area contributed by atoms with Gasteiger partial charge in [-0.1, -0.05) is 0 Å². The fourth-order valence-corrected chi connectivity index (χ4v) is 2.23. The van der Waals surface area contributed by atoms with Crippen LogP contribution in [0.15, 0.2) is 42.6 Å². The molecule has 0 saturated heterocycles. The monoisotopic (exact) mass is 360 g/mol. The Morgan fingerprint density at radius 3 is 2.04 bits per heavy atom. The van der Waals surface area contributed by atoms with Crippen molar-refractivity contribution in [1.29, 1.82) is 0 Å². The Morgan fingerprint density at radius 1 is 1.00 bits per heavy atom. The predicted molar refractivity (Wildman–Crippen MR) is 85.2 cm³/mol. The van der Waals surface area contributed by atoms with Crippen LogP contribution in [0.2, 0.25) is 0 Å². The van der Waals surface area contributed by atoms with Crippen LogP contribution in [0, 0.1) is 0 Å². The normalized spacial score (nSPS) is 12.2. The van der Waals surface area contributed by atoms with Gasteiger partial charge in [-0.2, -0.15) is 25.9 Å². The summed E-state index contributed by atoms with van der Waals surface area (Å²) in [6.07, 6.45) is -3.02. The molecule has 1 aromatic heterocycles. The van der Waals surface area contributed by atoms with Gasteiger partial charge in [-0.15, -0.1) is 0 Å². The number of alkyl halides is 3. The summed E-state index contributed by atoms with van der Waals surface area (Å²) < 4.78 is 64.1. The molecule has 2 N–H and O–H groups in total. The minimum absolute atomic E-state index is 0.127. The molecule has 2 aromatic rings. The number of benzene rings is 1. The largest absolute Gasteiger partial charge is 0.416 e. The van der Waals surface area contributed by atoms with Gasteiger partial charge in [0.2, 0.25) is 0 Å². The Kier molecular flexibility index (Phi) is 4.99. The van der Waals surface area contributed by atoms with Crippen LogP contribution in [0.4, 0.5) is 30.4 Å². The van der Waals surface area contributed by atoms with E-state index in [-0.39, 0.29) is 5.82 Å². The molecule has 0 aliphatic carbocycles. The lowest BCUT2D eigenvalue weighted by molar-refractivity contribution is -0.137. The second-order valence-electron chi connectivity index (χ2n) is 5.02. The molecular formula is C14H15F3N4O2S. The first-order valence-electron chi connectivity index (χ1n) is 6.68. The first kappa shape index (κ1) is 18.0. The molecule has 0 aliphatic rings. The highest BCUT2D eigenvalue weighted by atomic mass is 32.2. The number of rotatable bonds is 5. The van der Waals surface area contributed by atoms with Crippen molar-refractivity contribution in [3.05, 3.63) is 48.2 Å². The van der Waals surface area contributed by atoms with Gasteiger partial charge >= 0.3 is 16.4 Å². The van der Waals surface area contributed by atoms with Gasteiger partial charge in [0.15, 0.2) is 0 Å². The molecule has 10 heteroatoms. The third-order valence-electron chi connectivity index (χ3n) is 2.98. The Morgan fingerprint density at radius 2 is 1.58 bits per heavy atom. The molecule has 0 bridgehead atoms. The van der Waals surface area contributed by atoms with Crippen LogP contribution in [-0.4, -0.2) is 31.8 Å². The van der Waals surface area contributed by atoms with Gasteiger partial charge in [0.1, 0.15) is 5.82 Å². The van der Waals surface area contributed by atoms with E-state index in [0.717, 1.165) is 16.4 Å². The lowest BCUT2D eigenvalue weighted by Gasteiger charge is -2.13. The van der Waals surface area contributed by atoms with Crippen LogP contribution in [0.1, 0.15) is 5.56 Å². The number of aromatic nitrogens is 1. The highest BCUT2D eigenvalue weighted by molar-refractivity contribution is 7.90. The summed E-state index contributed by atoms with van der Waals surface area (Å²) in [6.45, 7) is 0. The Balaban J connectivity index is 2.07. The third kappa shape index (κ3) is 4.59. The lowest BCUT2D eigenvalue weighted by Crippen LogP contribution is -2.29. The molecule has 0 aliphatic heterocycles. The Bertz CT molecular complexity index is 788. The van der Waals surface area contributed by atoms with E-state index in [4.69, 9.17) is 0 Å². The van der Waals surface area contributed by atoms with E-state index in [1.807, 2.05) is 0 Å². The molecule has 0 spiro atoms. The average Bonchev–Trinajstić information content (AvgIpc) is 2.48. The number of hydrogen-bond acceptors (Lipinski definition) is 4. The molecule has 130 valence electrons. The van der Waals surface area contributed by atoms with Gasteiger partial charge in [-0.3, -0.25) is 4.72 Å². The quantitative estimate of drug-likeness (QED) is 0.859. The molecule has 0 fully saturated rings. The summed E-state index contributed by atoms with van der Waals surface area (Å²) in [7, 11) is -0.892. The SMILES string of the molecule is CN(C)S(=O)(=O)Nc1ccc(Nc2ccc(C(F)(F)F)cc2)cn1. The summed E-state index contributed by atoms with van der Waals surface area (Å²) >= 11 is 0. The van der Waals surface area contributed by atoms with E-state index in [1.54, 1.807) is 6.07 Å². The van der Waals surface area contributed by atoms with E-state index in [9.17, 15) is 21.6 Å². The number of nitrogens with one attached hydrogen (secondary N) is 2. The van der Waals surface area contributed by atoms with Crippen LogP contribution in [0.25, 0.3) is 0 Å². The second kappa shape index (κ2) is 6.65. The predicted octanol–water partition coefficient (Wildman–Crippen LogP) is 3.06. The number of pyridine rings is 1. The van der Waals surface area contributed by atoms with E-state index in [0.29, 0.717) is 11.4 Å². The van der Waals surface area contributed by atoms with Gasteiger partial charge in [-0.05, 0) is 36.4 Å². The van der Waals surface area contributed by atoms with Crippen LogP contribution in [0.5, 0.6) is 0 Å². The molecule has 24 heavy (non-hydrogen) atoms. The van der Waals surface area contributed by atoms with Gasteiger partial charge in [0.05, 0.1) is 17.4 Å². The molecule has 1 aromatic carbocycles. The van der Waals surface area contributed by atoms with Crippen molar-refractivity contribution in [2.45, 2.75) is 6.18 Å². The van der Waals surface area contributed by atoms with Gasteiger partial charge < -0.3 is 5.32 Å². The maximum absolute atomic E-state index is 12.5. The number of halogens is 3. The van der Waals surface area contributed by atoms with Gasteiger partial charge in [0, 0.05) is 19.8 Å². The van der Waals surface area contributed by atoms with Crippen molar-refractivity contribution in [3.63, 3.8) is 0 Å². The summed E-state index contributed by atoms with van der Waals surface area (Å²) in [5, 5.41) is 2.88. The summed E-state index contributed by atoms with van der Waals surface area (Å²) in [4.78, 5) is 3.94. The Labute approximate surface area is 137 Å². The first-order chi connectivity index (χ1) is 11.1. The van der Waals surface area contributed by atoms with E-state index >= 15 is 0 Å². The molecular weight excluding hydrogens is 345 g/mol. The number of anilines is 3. The summed E-state index contributed by atoms with van der Waals surface area (Å²) in [5.41, 5.74) is 0.216. The zero-order valence-corrected chi connectivity index (χ0v) is 13.6. The van der Waals surface area contributed by atoms with Crippen molar-refractivity contribution in [2.75, 3.05) is 24.1 Å². The second-order valence-corrected chi connectivity index (χ2v) is 6.91. The number of nitrogens with zero attached hydrogens (tertiary/aromatic N) is 2. The smallest absolute Gasteiger partial charge is 0.354 e. The van der Waals surface area contributed by atoms with Crippen LogP contribution in [0.3, 0.4) is 0 Å². The zero-order chi connectivity index (χ0) is 18.0. The topological polar surface area (TPSA) is 74.3 Å². The molecule has 0 saturated carbocycles. The highest BCUT2D eigenvalue weighted by Crippen LogP contribution is 2.30. The zero-order valence-electron chi connectivity index (χ0n) is 12.8. The number of hydrogen-bond donors (Lipinski definition) is 2. The third-order valence-corrected chi connectivity index (χ3v) is 4.41. The summed E-state index contributed by atoms with van der Waals surface area (Å²) in [6, 6.07) is 7.52. The Hall–Kier alpha value is -2.33. The molecule has 6 nitrogen and oxygen atoms in total. The highest BCUT2D eigenvalue weighted by Gasteiger charge is 2.29.